The highest BCUT2D eigenvalue weighted by molar-refractivity contribution is 7.47. The maximum absolute atomic E-state index is 12.2. The van der Waals surface area contributed by atoms with E-state index in [1.54, 1.807) is 0 Å². The molecule has 0 bridgehead atoms. The number of rotatable bonds is 25. The number of hydrogen-bond acceptors (Lipinski definition) is 7. The number of carbonyl (C=O) groups excluding carboxylic acids is 2. The topological polar surface area (TPSA) is 108 Å². The fraction of sp³-hybridized carbons (Fsp3) is 0.852. The smallest absolute Gasteiger partial charge is 0.462 e. The van der Waals surface area contributed by atoms with Gasteiger partial charge >= 0.3 is 19.8 Å². The summed E-state index contributed by atoms with van der Waals surface area (Å²) in [6.07, 6.45) is 20.0. The third-order valence-electron chi connectivity index (χ3n) is 5.77. The maximum atomic E-state index is 12.2. The second-order valence-electron chi connectivity index (χ2n) is 9.15. The van der Waals surface area contributed by atoms with Gasteiger partial charge in [-0.05, 0) is 32.1 Å². The third kappa shape index (κ3) is 23.2. The molecule has 0 aliphatic rings. The predicted molar refractivity (Wildman–Crippen MR) is 143 cm³/mol. The second kappa shape index (κ2) is 24.1. The molecule has 1 unspecified atom stereocenters. The standard InChI is InChI=1S/C27H51O8P/c1-4-6-8-10-12-14-16-18-20-22-27(29)35-25(24-34-36(30,31)32-3)23-33-26(28)21-19-17-15-13-11-9-7-5-2/h6,8,25H,4-5,7,9-24H2,1-3H3,(H,30,31)/b8-6-/t25-/m1/s1. The van der Waals surface area contributed by atoms with Gasteiger partial charge in [-0.1, -0.05) is 90.2 Å². The van der Waals surface area contributed by atoms with E-state index < -0.39 is 26.5 Å². The lowest BCUT2D eigenvalue weighted by atomic mass is 10.1. The van der Waals surface area contributed by atoms with Crippen LogP contribution in [-0.2, 0) is 32.7 Å². The van der Waals surface area contributed by atoms with Crippen molar-refractivity contribution < 1.29 is 37.6 Å². The molecule has 36 heavy (non-hydrogen) atoms. The fourth-order valence-corrected chi connectivity index (χ4v) is 4.06. The minimum Gasteiger partial charge on any atom is -0.462 e. The Morgan fingerprint density at radius 3 is 1.92 bits per heavy atom. The minimum absolute atomic E-state index is 0.226. The number of ether oxygens (including phenoxy) is 2. The van der Waals surface area contributed by atoms with E-state index in [-0.39, 0.29) is 19.0 Å². The van der Waals surface area contributed by atoms with Crippen LogP contribution in [0.3, 0.4) is 0 Å². The molecule has 0 aromatic heterocycles. The average molecular weight is 535 g/mol. The number of phosphoric ester groups is 1. The van der Waals surface area contributed by atoms with E-state index in [1.165, 1.54) is 32.1 Å². The highest BCUT2D eigenvalue weighted by atomic mass is 31.2. The number of phosphoric acid groups is 1. The first-order chi connectivity index (χ1) is 17.3. The molecule has 0 aromatic carbocycles. The number of hydrogen-bond donors (Lipinski definition) is 1. The van der Waals surface area contributed by atoms with Crippen molar-refractivity contribution in [2.75, 3.05) is 20.3 Å². The van der Waals surface area contributed by atoms with Crippen LogP contribution in [0.5, 0.6) is 0 Å². The zero-order valence-corrected chi connectivity index (χ0v) is 23.8. The lowest BCUT2D eigenvalue weighted by Crippen LogP contribution is -2.29. The largest absolute Gasteiger partial charge is 0.472 e. The zero-order valence-electron chi connectivity index (χ0n) is 22.9. The summed E-state index contributed by atoms with van der Waals surface area (Å²) < 4.78 is 31.5. The van der Waals surface area contributed by atoms with E-state index in [1.807, 2.05) is 0 Å². The van der Waals surface area contributed by atoms with Crippen LogP contribution in [0, 0.1) is 0 Å². The van der Waals surface area contributed by atoms with Gasteiger partial charge in [0.15, 0.2) is 6.10 Å². The summed E-state index contributed by atoms with van der Waals surface area (Å²) in [6, 6.07) is 0. The molecule has 0 amide bonds. The van der Waals surface area contributed by atoms with Crippen molar-refractivity contribution in [3.8, 4) is 0 Å². The zero-order chi connectivity index (χ0) is 26.9. The summed E-state index contributed by atoms with van der Waals surface area (Å²) in [7, 11) is -3.19. The molecule has 0 spiro atoms. The van der Waals surface area contributed by atoms with Gasteiger partial charge in [0.1, 0.15) is 6.61 Å². The lowest BCUT2D eigenvalue weighted by Gasteiger charge is -2.19. The minimum atomic E-state index is -4.23. The summed E-state index contributed by atoms with van der Waals surface area (Å²) >= 11 is 0. The van der Waals surface area contributed by atoms with Gasteiger partial charge in [-0.2, -0.15) is 0 Å². The number of carbonyl (C=O) groups is 2. The molecule has 0 rings (SSSR count). The molecular formula is C27H51O8P. The Bertz CT molecular complexity index is 623. The molecule has 1 N–H and O–H groups in total. The Hall–Kier alpha value is -1.21. The highest BCUT2D eigenvalue weighted by Crippen LogP contribution is 2.42. The van der Waals surface area contributed by atoms with Crippen LogP contribution in [-0.4, -0.2) is 43.3 Å². The quantitative estimate of drug-likeness (QED) is 0.0557. The van der Waals surface area contributed by atoms with Crippen molar-refractivity contribution in [1.82, 2.24) is 0 Å². The third-order valence-corrected chi connectivity index (χ3v) is 6.71. The van der Waals surface area contributed by atoms with E-state index in [0.29, 0.717) is 12.8 Å². The van der Waals surface area contributed by atoms with Gasteiger partial charge < -0.3 is 14.4 Å². The number of unbranched alkanes of at least 4 members (excludes halogenated alkanes) is 12. The van der Waals surface area contributed by atoms with Crippen LogP contribution in [0.15, 0.2) is 12.2 Å². The highest BCUT2D eigenvalue weighted by Gasteiger charge is 2.24. The van der Waals surface area contributed by atoms with Gasteiger partial charge in [0.2, 0.25) is 0 Å². The molecular weight excluding hydrogens is 483 g/mol. The van der Waals surface area contributed by atoms with Gasteiger partial charge in [0.25, 0.3) is 0 Å². The van der Waals surface area contributed by atoms with Gasteiger partial charge in [-0.25, -0.2) is 4.57 Å². The van der Waals surface area contributed by atoms with Crippen molar-refractivity contribution in [1.29, 1.82) is 0 Å². The molecule has 0 aliphatic carbocycles. The molecule has 212 valence electrons. The number of allylic oxidation sites excluding steroid dienone is 2. The molecule has 0 radical (unpaired) electrons. The Balaban J connectivity index is 4.24. The van der Waals surface area contributed by atoms with Crippen LogP contribution >= 0.6 is 7.82 Å². The van der Waals surface area contributed by atoms with Crippen molar-refractivity contribution in [3.63, 3.8) is 0 Å². The Labute approximate surface area is 219 Å². The monoisotopic (exact) mass is 534 g/mol. The Kier molecular flexibility index (Phi) is 23.3. The van der Waals surface area contributed by atoms with E-state index in [0.717, 1.165) is 64.9 Å². The molecule has 0 aliphatic heterocycles. The van der Waals surface area contributed by atoms with E-state index in [4.69, 9.17) is 14.0 Å². The van der Waals surface area contributed by atoms with Gasteiger partial charge in [0, 0.05) is 20.0 Å². The normalized spacial score (nSPS) is 14.0. The van der Waals surface area contributed by atoms with E-state index in [2.05, 4.69) is 30.5 Å². The van der Waals surface area contributed by atoms with Gasteiger partial charge in [-0.15, -0.1) is 0 Å². The molecule has 9 heteroatoms. The molecule has 8 nitrogen and oxygen atoms in total. The molecule has 0 saturated heterocycles. The summed E-state index contributed by atoms with van der Waals surface area (Å²) in [6.45, 7) is 3.69. The van der Waals surface area contributed by atoms with E-state index >= 15 is 0 Å². The molecule has 2 atom stereocenters. The number of esters is 2. The van der Waals surface area contributed by atoms with E-state index in [9.17, 15) is 19.0 Å². The molecule has 0 saturated carbocycles. The van der Waals surface area contributed by atoms with Crippen LogP contribution < -0.4 is 0 Å². The van der Waals surface area contributed by atoms with Crippen LogP contribution in [0.25, 0.3) is 0 Å². The summed E-state index contributed by atoms with van der Waals surface area (Å²) in [4.78, 5) is 33.8. The average Bonchev–Trinajstić information content (AvgIpc) is 2.86. The van der Waals surface area contributed by atoms with Crippen molar-refractivity contribution in [2.45, 2.75) is 129 Å². The van der Waals surface area contributed by atoms with Crippen LogP contribution in [0.2, 0.25) is 0 Å². The molecule has 0 fully saturated rings. The Morgan fingerprint density at radius 1 is 0.778 bits per heavy atom. The van der Waals surface area contributed by atoms with Crippen LogP contribution in [0.4, 0.5) is 0 Å². The summed E-state index contributed by atoms with van der Waals surface area (Å²) in [5.74, 6) is -0.825. The first-order valence-corrected chi connectivity index (χ1v) is 15.4. The van der Waals surface area contributed by atoms with Gasteiger partial charge in [-0.3, -0.25) is 18.6 Å². The Morgan fingerprint density at radius 2 is 1.33 bits per heavy atom. The van der Waals surface area contributed by atoms with Crippen molar-refractivity contribution in [3.05, 3.63) is 12.2 Å². The van der Waals surface area contributed by atoms with Crippen molar-refractivity contribution in [2.24, 2.45) is 0 Å². The molecule has 0 aromatic rings. The van der Waals surface area contributed by atoms with Crippen molar-refractivity contribution >= 4 is 19.8 Å². The SMILES string of the molecule is CC/C=C\CCCCCCCC(=O)O[C@H](COC(=O)CCCCCCCCCC)COP(=O)(O)OC. The first-order valence-electron chi connectivity index (χ1n) is 13.9. The maximum Gasteiger partial charge on any atom is 0.472 e. The lowest BCUT2D eigenvalue weighted by molar-refractivity contribution is -0.161. The van der Waals surface area contributed by atoms with Gasteiger partial charge in [0.05, 0.1) is 6.61 Å². The fourth-order valence-electron chi connectivity index (χ4n) is 3.60. The summed E-state index contributed by atoms with van der Waals surface area (Å²) in [5, 5.41) is 0. The second-order valence-corrected chi connectivity index (χ2v) is 10.7. The first kappa shape index (κ1) is 34.8. The molecule has 0 heterocycles. The predicted octanol–water partition coefficient (Wildman–Crippen LogP) is 7.43. The van der Waals surface area contributed by atoms with Crippen LogP contribution in [0.1, 0.15) is 123 Å². The summed E-state index contributed by atoms with van der Waals surface area (Å²) in [5.41, 5.74) is 0.